The van der Waals surface area contributed by atoms with Gasteiger partial charge in [-0.25, -0.2) is 4.79 Å². The van der Waals surface area contributed by atoms with E-state index in [-0.39, 0.29) is 18.0 Å². The van der Waals surface area contributed by atoms with Crippen LogP contribution in [0.3, 0.4) is 0 Å². The summed E-state index contributed by atoms with van der Waals surface area (Å²) in [6, 6.07) is 7.19. The minimum absolute atomic E-state index is 0.0292. The zero-order chi connectivity index (χ0) is 16.8. The van der Waals surface area contributed by atoms with Gasteiger partial charge in [0, 0.05) is 44.5 Å². The number of amides is 3. The van der Waals surface area contributed by atoms with Crippen molar-refractivity contribution in [2.45, 2.75) is 25.8 Å². The first-order valence-electron chi connectivity index (χ1n) is 8.13. The molecule has 1 aromatic rings. The van der Waals surface area contributed by atoms with Gasteiger partial charge in [0.05, 0.1) is 0 Å². The zero-order valence-corrected chi connectivity index (χ0v) is 14.1. The van der Waals surface area contributed by atoms with Crippen molar-refractivity contribution in [2.75, 3.05) is 39.0 Å². The average Bonchev–Trinajstić information content (AvgIpc) is 3.06. The van der Waals surface area contributed by atoms with Crippen LogP contribution in [0.4, 0.5) is 10.5 Å². The Hall–Kier alpha value is -2.08. The maximum Gasteiger partial charge on any atom is 0.321 e. The number of carbonyl (C=O) groups excluding carboxylic acids is 2. The van der Waals surface area contributed by atoms with Crippen molar-refractivity contribution >= 4 is 17.6 Å². The monoisotopic (exact) mass is 318 g/mol. The van der Waals surface area contributed by atoms with E-state index in [1.807, 2.05) is 4.90 Å². The molecule has 1 fully saturated rings. The lowest BCUT2D eigenvalue weighted by atomic mass is 10.1. The lowest BCUT2D eigenvalue weighted by Gasteiger charge is -2.28. The number of nitrogens with one attached hydrogen (secondary N) is 2. The highest BCUT2D eigenvalue weighted by Gasteiger charge is 2.26. The van der Waals surface area contributed by atoms with Crippen LogP contribution >= 0.6 is 0 Å². The van der Waals surface area contributed by atoms with Crippen molar-refractivity contribution < 1.29 is 9.59 Å². The summed E-state index contributed by atoms with van der Waals surface area (Å²) in [4.78, 5) is 28.0. The molecule has 3 amide bonds. The first-order chi connectivity index (χ1) is 11.0. The summed E-state index contributed by atoms with van der Waals surface area (Å²) in [6.45, 7) is 4.63. The van der Waals surface area contributed by atoms with Crippen molar-refractivity contribution in [3.8, 4) is 0 Å². The molecule has 1 aliphatic rings. The highest BCUT2D eigenvalue weighted by Crippen LogP contribution is 2.17. The van der Waals surface area contributed by atoms with E-state index in [2.05, 4.69) is 17.6 Å². The molecule has 2 rings (SSSR count). The molecule has 1 aromatic carbocycles. The van der Waals surface area contributed by atoms with Crippen LogP contribution in [0.25, 0.3) is 0 Å². The SMILES string of the molecule is CCCN(C(=O)c1cccc(NC(=O)N(C)C)c1)C1CCNC1. The largest absolute Gasteiger partial charge is 0.334 e. The molecular formula is C17H26N4O2. The second-order valence-electron chi connectivity index (χ2n) is 6.05. The smallest absolute Gasteiger partial charge is 0.321 e. The molecule has 23 heavy (non-hydrogen) atoms. The van der Waals surface area contributed by atoms with Crippen LogP contribution in [-0.4, -0.2) is 61.5 Å². The minimum Gasteiger partial charge on any atom is -0.334 e. The van der Waals surface area contributed by atoms with Gasteiger partial charge in [-0.1, -0.05) is 13.0 Å². The van der Waals surface area contributed by atoms with E-state index < -0.39 is 0 Å². The van der Waals surface area contributed by atoms with Gasteiger partial charge in [-0.2, -0.15) is 0 Å². The summed E-state index contributed by atoms with van der Waals surface area (Å²) in [6.07, 6.45) is 1.92. The second kappa shape index (κ2) is 7.97. The molecule has 0 bridgehead atoms. The quantitative estimate of drug-likeness (QED) is 0.873. The number of nitrogens with zero attached hydrogens (tertiary/aromatic N) is 2. The average molecular weight is 318 g/mol. The van der Waals surface area contributed by atoms with Crippen LogP contribution in [0.2, 0.25) is 0 Å². The molecular weight excluding hydrogens is 292 g/mol. The Balaban J connectivity index is 2.15. The topological polar surface area (TPSA) is 64.7 Å². The summed E-state index contributed by atoms with van der Waals surface area (Å²) < 4.78 is 0. The fourth-order valence-corrected chi connectivity index (χ4v) is 2.73. The molecule has 1 aliphatic heterocycles. The van der Waals surface area contributed by atoms with Crippen LogP contribution in [0.1, 0.15) is 30.1 Å². The van der Waals surface area contributed by atoms with E-state index in [0.717, 1.165) is 32.5 Å². The molecule has 0 radical (unpaired) electrons. The van der Waals surface area contributed by atoms with Gasteiger partial charge in [0.15, 0.2) is 0 Å². The maximum atomic E-state index is 12.9. The van der Waals surface area contributed by atoms with E-state index in [9.17, 15) is 9.59 Å². The fourth-order valence-electron chi connectivity index (χ4n) is 2.73. The number of benzene rings is 1. The van der Waals surface area contributed by atoms with Crippen LogP contribution < -0.4 is 10.6 Å². The summed E-state index contributed by atoms with van der Waals surface area (Å²) in [5.74, 6) is 0.0292. The van der Waals surface area contributed by atoms with Gasteiger partial charge in [0.25, 0.3) is 5.91 Å². The fraction of sp³-hybridized carbons (Fsp3) is 0.529. The van der Waals surface area contributed by atoms with Crippen molar-refractivity contribution in [3.63, 3.8) is 0 Å². The summed E-state index contributed by atoms with van der Waals surface area (Å²) in [7, 11) is 3.36. The van der Waals surface area contributed by atoms with Gasteiger partial charge in [-0.05, 0) is 37.6 Å². The molecule has 1 heterocycles. The van der Waals surface area contributed by atoms with E-state index in [0.29, 0.717) is 11.3 Å². The number of urea groups is 1. The van der Waals surface area contributed by atoms with Crippen LogP contribution in [0, 0.1) is 0 Å². The Labute approximate surface area is 137 Å². The normalized spacial score (nSPS) is 16.9. The van der Waals surface area contributed by atoms with Gasteiger partial charge >= 0.3 is 6.03 Å². The van der Waals surface area contributed by atoms with E-state index in [1.54, 1.807) is 38.4 Å². The van der Waals surface area contributed by atoms with Crippen LogP contribution in [-0.2, 0) is 0 Å². The lowest BCUT2D eigenvalue weighted by Crippen LogP contribution is -2.42. The number of anilines is 1. The number of hydrogen-bond acceptors (Lipinski definition) is 3. The summed E-state index contributed by atoms with van der Waals surface area (Å²) >= 11 is 0. The molecule has 0 spiro atoms. The number of rotatable bonds is 5. The van der Waals surface area contributed by atoms with Crippen molar-refractivity contribution in [3.05, 3.63) is 29.8 Å². The molecule has 6 nitrogen and oxygen atoms in total. The molecule has 1 unspecified atom stereocenters. The standard InChI is InChI=1S/C17H26N4O2/c1-4-10-21(15-8-9-18-12-15)16(22)13-6-5-7-14(11-13)19-17(23)20(2)3/h5-7,11,15,18H,4,8-10,12H2,1-3H3,(H,19,23). The van der Waals surface area contributed by atoms with Gasteiger partial charge in [-0.3, -0.25) is 4.79 Å². The van der Waals surface area contributed by atoms with E-state index >= 15 is 0 Å². The zero-order valence-electron chi connectivity index (χ0n) is 14.1. The first kappa shape index (κ1) is 17.3. The highest BCUT2D eigenvalue weighted by molar-refractivity contribution is 5.97. The molecule has 0 saturated carbocycles. The third kappa shape index (κ3) is 4.45. The highest BCUT2D eigenvalue weighted by atomic mass is 16.2. The molecule has 2 N–H and O–H groups in total. The van der Waals surface area contributed by atoms with Crippen LogP contribution in [0.15, 0.2) is 24.3 Å². The maximum absolute atomic E-state index is 12.9. The Morgan fingerprint density at radius 3 is 2.74 bits per heavy atom. The molecule has 126 valence electrons. The Morgan fingerprint density at radius 2 is 2.13 bits per heavy atom. The lowest BCUT2D eigenvalue weighted by molar-refractivity contribution is 0.0692. The summed E-state index contributed by atoms with van der Waals surface area (Å²) in [5.41, 5.74) is 1.25. The Morgan fingerprint density at radius 1 is 1.35 bits per heavy atom. The molecule has 6 heteroatoms. The van der Waals surface area contributed by atoms with Crippen molar-refractivity contribution in [2.24, 2.45) is 0 Å². The molecule has 0 aromatic heterocycles. The Bertz CT molecular complexity index is 553. The van der Waals surface area contributed by atoms with Crippen molar-refractivity contribution in [1.82, 2.24) is 15.1 Å². The molecule has 1 saturated heterocycles. The van der Waals surface area contributed by atoms with Crippen molar-refractivity contribution in [1.29, 1.82) is 0 Å². The predicted octanol–water partition coefficient (Wildman–Crippen LogP) is 1.99. The minimum atomic E-state index is -0.208. The van der Waals surface area contributed by atoms with E-state index in [4.69, 9.17) is 0 Å². The number of carbonyl (C=O) groups is 2. The molecule has 0 aliphatic carbocycles. The summed E-state index contributed by atoms with van der Waals surface area (Å²) in [5, 5.41) is 6.09. The van der Waals surface area contributed by atoms with Gasteiger partial charge < -0.3 is 20.4 Å². The second-order valence-corrected chi connectivity index (χ2v) is 6.05. The Kier molecular flexibility index (Phi) is 5.98. The van der Waals surface area contributed by atoms with Crippen LogP contribution in [0.5, 0.6) is 0 Å². The third-order valence-electron chi connectivity index (χ3n) is 3.97. The van der Waals surface area contributed by atoms with Gasteiger partial charge in [0.2, 0.25) is 0 Å². The third-order valence-corrected chi connectivity index (χ3v) is 3.97. The van der Waals surface area contributed by atoms with Gasteiger partial charge in [-0.15, -0.1) is 0 Å². The van der Waals surface area contributed by atoms with E-state index in [1.165, 1.54) is 4.90 Å². The molecule has 1 atom stereocenters. The van der Waals surface area contributed by atoms with Gasteiger partial charge in [0.1, 0.15) is 0 Å². The first-order valence-corrected chi connectivity index (χ1v) is 8.13. The predicted molar refractivity (Wildman–Crippen MR) is 91.7 cm³/mol. The number of hydrogen-bond donors (Lipinski definition) is 2.